The second-order valence-corrected chi connectivity index (χ2v) is 11.5. The maximum atomic E-state index is 6.98. The third-order valence-corrected chi connectivity index (χ3v) is 8.92. The van der Waals surface area contributed by atoms with Crippen LogP contribution >= 0.6 is 46.4 Å². The van der Waals surface area contributed by atoms with Gasteiger partial charge in [-0.1, -0.05) is 168 Å². The van der Waals surface area contributed by atoms with Crippen molar-refractivity contribution in [2.75, 3.05) is 0 Å². The molecule has 0 atom stereocenters. The summed E-state index contributed by atoms with van der Waals surface area (Å²) < 4.78 is 0. The first kappa shape index (κ1) is 28.5. The van der Waals surface area contributed by atoms with Crippen LogP contribution in [0.25, 0.3) is 11.6 Å². The van der Waals surface area contributed by atoms with Crippen molar-refractivity contribution >= 4 is 80.9 Å². The Morgan fingerprint density at radius 1 is 0.295 bits per heavy atom. The molecule has 0 amide bonds. The molecule has 2 heterocycles. The third-order valence-electron chi connectivity index (χ3n) is 7.22. The minimum atomic E-state index is 0.160. The molecule has 0 saturated heterocycles. The van der Waals surface area contributed by atoms with Crippen molar-refractivity contribution in [2.24, 2.45) is 20.0 Å². The lowest BCUT2D eigenvalue weighted by Gasteiger charge is -2.07. The largest absolute Gasteiger partial charge is 0.226 e. The smallest absolute Gasteiger partial charge is 0.163 e. The van der Waals surface area contributed by atoms with E-state index < -0.39 is 0 Å². The molecule has 0 aliphatic carbocycles. The topological polar surface area (TPSA) is 49.4 Å². The fourth-order valence-electron chi connectivity index (χ4n) is 5.12. The zero-order chi connectivity index (χ0) is 30.2. The second-order valence-electron chi connectivity index (χ2n) is 9.96. The molecule has 0 fully saturated rings. The van der Waals surface area contributed by atoms with Crippen molar-refractivity contribution < 1.29 is 0 Å². The monoisotopic (exact) mass is 648 g/mol. The Bertz CT molecular complexity index is 1870. The minimum Gasteiger partial charge on any atom is -0.226 e. The van der Waals surface area contributed by atoms with E-state index in [4.69, 9.17) is 66.4 Å². The van der Waals surface area contributed by atoms with Gasteiger partial charge in [-0.25, -0.2) is 20.0 Å². The van der Waals surface area contributed by atoms with Crippen molar-refractivity contribution in [1.82, 2.24) is 0 Å². The van der Waals surface area contributed by atoms with Crippen LogP contribution in [0.3, 0.4) is 0 Å². The van der Waals surface area contributed by atoms with Crippen LogP contribution in [-0.2, 0) is 0 Å². The summed E-state index contributed by atoms with van der Waals surface area (Å²) >= 11 is 27.9. The quantitative estimate of drug-likeness (QED) is 0.176. The lowest BCUT2D eigenvalue weighted by atomic mass is 10.0. The Kier molecular flexibility index (Phi) is 7.75. The van der Waals surface area contributed by atoms with Crippen molar-refractivity contribution in [1.29, 1.82) is 0 Å². The lowest BCUT2D eigenvalue weighted by molar-refractivity contribution is 1.36. The van der Waals surface area contributed by atoms with Crippen LogP contribution in [0.5, 0.6) is 0 Å². The first-order valence-corrected chi connectivity index (χ1v) is 15.2. The van der Waals surface area contributed by atoms with Gasteiger partial charge in [0.1, 0.15) is 0 Å². The first-order valence-electron chi connectivity index (χ1n) is 13.7. The summed E-state index contributed by atoms with van der Waals surface area (Å²) in [4.78, 5) is 19.6. The molecule has 8 heteroatoms. The van der Waals surface area contributed by atoms with Gasteiger partial charge in [-0.05, 0) is 0 Å². The highest BCUT2D eigenvalue weighted by Crippen LogP contribution is 2.30. The van der Waals surface area contributed by atoms with Gasteiger partial charge in [0.05, 0.1) is 53.4 Å². The average Bonchev–Trinajstić information content (AvgIpc) is 3.72. The number of aliphatic imine (C=N–C) groups is 4. The summed E-state index contributed by atoms with van der Waals surface area (Å²) in [6, 6.07) is 39.3. The summed E-state index contributed by atoms with van der Waals surface area (Å²) in [7, 11) is 0. The average molecular weight is 650 g/mol. The fraction of sp³-hybridized carbons (Fsp3) is 0. The van der Waals surface area contributed by atoms with E-state index in [1.165, 1.54) is 0 Å². The molecule has 0 unspecified atom stereocenters. The van der Waals surface area contributed by atoms with E-state index in [0.717, 1.165) is 22.3 Å². The zero-order valence-electron chi connectivity index (χ0n) is 22.8. The van der Waals surface area contributed by atoms with E-state index in [-0.39, 0.29) is 20.1 Å². The maximum Gasteiger partial charge on any atom is 0.163 e. The number of rotatable bonds is 4. The lowest BCUT2D eigenvalue weighted by Crippen LogP contribution is -2.19. The number of benzene rings is 5. The minimum absolute atomic E-state index is 0.160. The molecule has 0 spiro atoms. The van der Waals surface area contributed by atoms with Gasteiger partial charge < -0.3 is 0 Å². The van der Waals surface area contributed by atoms with E-state index >= 15 is 0 Å². The summed E-state index contributed by atoms with van der Waals surface area (Å²) in [6.45, 7) is 0. The Hall–Kier alpha value is -4.32. The first-order chi connectivity index (χ1) is 21.5. The fourth-order valence-corrected chi connectivity index (χ4v) is 6.31. The van der Waals surface area contributed by atoms with Crippen LogP contribution in [0.2, 0.25) is 20.1 Å². The Balaban J connectivity index is 1.49. The highest BCUT2D eigenvalue weighted by atomic mass is 35.5. The van der Waals surface area contributed by atoms with Crippen LogP contribution in [-0.4, -0.2) is 22.8 Å². The van der Waals surface area contributed by atoms with Crippen molar-refractivity contribution in [2.45, 2.75) is 0 Å². The second kappa shape index (κ2) is 12.0. The van der Waals surface area contributed by atoms with Gasteiger partial charge >= 0.3 is 0 Å². The van der Waals surface area contributed by atoms with Gasteiger partial charge in [0, 0.05) is 22.3 Å². The van der Waals surface area contributed by atoms with Crippen LogP contribution in [0, 0.1) is 0 Å². The van der Waals surface area contributed by atoms with Gasteiger partial charge in [0.2, 0.25) is 0 Å². The molecular formula is C36H20Cl4N4. The molecule has 0 saturated carbocycles. The SMILES string of the molecule is Clc1c(Cl)c(=C2N=C(c3ccccc3)C(c3ccccc3)=N2)c(Cl)c(Cl)c1=C1N=C(c2ccccc2)C(c2ccccc2)=N1. The Morgan fingerprint density at radius 2 is 0.500 bits per heavy atom. The predicted molar refractivity (Wildman–Crippen MR) is 184 cm³/mol. The molecule has 4 nitrogen and oxygen atoms in total. The van der Waals surface area contributed by atoms with Crippen LogP contribution in [0.4, 0.5) is 0 Å². The summed E-state index contributed by atoms with van der Waals surface area (Å²) in [5.41, 5.74) is 6.36. The molecule has 2 aliphatic rings. The standard InChI is InChI=1S/C36H20Cl4N4/c37-27-25(35-41-31(21-13-5-1-6-14-21)32(42-35)22-15-7-2-8-16-22)28(38)30(40)26(29(27)39)36-43-33(23-17-9-3-10-18-23)34(44-36)24-19-11-4-12-20-24/h1-20H. The molecule has 5 aromatic rings. The van der Waals surface area contributed by atoms with E-state index in [0.29, 0.717) is 44.9 Å². The van der Waals surface area contributed by atoms with Crippen molar-refractivity contribution in [3.05, 3.63) is 174 Å². The molecule has 0 radical (unpaired) electrons. The molecule has 44 heavy (non-hydrogen) atoms. The van der Waals surface area contributed by atoms with Crippen LogP contribution in [0.15, 0.2) is 141 Å². The molecule has 0 aromatic heterocycles. The van der Waals surface area contributed by atoms with E-state index in [9.17, 15) is 0 Å². The number of hydrogen-bond donors (Lipinski definition) is 0. The molecule has 7 rings (SSSR count). The van der Waals surface area contributed by atoms with E-state index in [2.05, 4.69) is 0 Å². The normalized spacial score (nSPS) is 14.4. The van der Waals surface area contributed by atoms with Crippen molar-refractivity contribution in [3.8, 4) is 0 Å². The summed E-state index contributed by atoms with van der Waals surface area (Å²) in [5.74, 6) is 0.623. The maximum absolute atomic E-state index is 6.98. The molecule has 5 aromatic carbocycles. The van der Waals surface area contributed by atoms with Gasteiger partial charge in [0.25, 0.3) is 0 Å². The molecule has 2 aliphatic heterocycles. The molecule has 0 bridgehead atoms. The van der Waals surface area contributed by atoms with Crippen LogP contribution in [0.1, 0.15) is 22.3 Å². The Labute approximate surface area is 273 Å². The number of nitrogens with zero attached hydrogens (tertiary/aromatic N) is 4. The number of halogens is 4. The molecule has 212 valence electrons. The van der Waals surface area contributed by atoms with E-state index in [1.54, 1.807) is 0 Å². The van der Waals surface area contributed by atoms with Gasteiger partial charge in [-0.3, -0.25) is 0 Å². The van der Waals surface area contributed by atoms with Gasteiger partial charge in [0.15, 0.2) is 11.6 Å². The highest BCUT2D eigenvalue weighted by Gasteiger charge is 2.27. The molecule has 0 N–H and O–H groups in total. The Morgan fingerprint density at radius 3 is 0.705 bits per heavy atom. The van der Waals surface area contributed by atoms with Crippen molar-refractivity contribution in [3.63, 3.8) is 0 Å². The van der Waals surface area contributed by atoms with Crippen LogP contribution < -0.4 is 10.4 Å². The third kappa shape index (κ3) is 5.10. The van der Waals surface area contributed by atoms with Gasteiger partial charge in [-0.15, -0.1) is 0 Å². The summed E-state index contributed by atoms with van der Waals surface area (Å²) in [6.07, 6.45) is 0. The number of hydrogen-bond acceptors (Lipinski definition) is 4. The predicted octanol–water partition coefficient (Wildman–Crippen LogP) is 8.42. The molecular weight excluding hydrogens is 630 g/mol. The zero-order valence-corrected chi connectivity index (χ0v) is 25.9. The van der Waals surface area contributed by atoms with E-state index in [1.807, 2.05) is 121 Å². The summed E-state index contributed by atoms with van der Waals surface area (Å²) in [5, 5.41) is 1.31. The highest BCUT2D eigenvalue weighted by molar-refractivity contribution is 6.57. The van der Waals surface area contributed by atoms with Gasteiger partial charge in [-0.2, -0.15) is 0 Å².